The molecule has 0 aromatic carbocycles. The fraction of sp³-hybridized carbons (Fsp3) is 1.00. The van der Waals surface area contributed by atoms with E-state index in [0.29, 0.717) is 0 Å². The summed E-state index contributed by atoms with van der Waals surface area (Å²) in [5, 5.41) is -11.9. The molecule has 0 aromatic heterocycles. The molecule has 0 amide bonds. The third-order valence-corrected chi connectivity index (χ3v) is 2.90. The molecule has 0 bridgehead atoms. The van der Waals surface area contributed by atoms with Gasteiger partial charge in [-0.1, -0.05) is 23.2 Å². The lowest BCUT2D eigenvalue weighted by Crippen LogP contribution is -2.65. The zero-order chi connectivity index (χ0) is 15.2. The molecule has 0 rings (SSSR count). The first-order valence-electron chi connectivity index (χ1n) is 3.70. The highest BCUT2D eigenvalue weighted by Gasteiger charge is 2.83. The van der Waals surface area contributed by atoms with Crippen molar-refractivity contribution < 1.29 is 43.9 Å². The van der Waals surface area contributed by atoms with Crippen molar-refractivity contribution in [3.05, 3.63) is 0 Å². The van der Waals surface area contributed by atoms with Gasteiger partial charge < -0.3 is 0 Å². The third kappa shape index (κ3) is 2.33. The van der Waals surface area contributed by atoms with Crippen LogP contribution in [0.15, 0.2) is 0 Å². The quantitative estimate of drug-likeness (QED) is 0.520. The van der Waals surface area contributed by atoms with E-state index in [0.717, 1.165) is 0 Å². The van der Waals surface area contributed by atoms with Crippen LogP contribution >= 0.6 is 23.2 Å². The highest BCUT2D eigenvalue weighted by molar-refractivity contribution is 6.34. The standard InChI is InChI=1S/C6H2Cl2F10/c7-3(12,2(10,11)1-9)4(8,13)5(14,15)6(16,17)18/h1H2. The first-order valence-corrected chi connectivity index (χ1v) is 4.46. The van der Waals surface area contributed by atoms with Crippen molar-refractivity contribution in [1.29, 1.82) is 0 Å². The minimum absolute atomic E-state index is 3.14. The van der Waals surface area contributed by atoms with Gasteiger partial charge in [-0.3, -0.25) is 0 Å². The van der Waals surface area contributed by atoms with Gasteiger partial charge >= 0.3 is 28.3 Å². The highest BCUT2D eigenvalue weighted by atomic mass is 35.5. The molecule has 0 saturated heterocycles. The van der Waals surface area contributed by atoms with Gasteiger partial charge in [-0.05, 0) is 0 Å². The summed E-state index contributed by atoms with van der Waals surface area (Å²) in [7, 11) is 0. The number of halogens is 12. The lowest BCUT2D eigenvalue weighted by Gasteiger charge is -2.38. The number of rotatable bonds is 4. The average Bonchev–Trinajstić information content (AvgIpc) is 2.15. The minimum atomic E-state index is -6.82. The van der Waals surface area contributed by atoms with Crippen molar-refractivity contribution in [3.8, 4) is 0 Å². The Morgan fingerprint density at radius 1 is 0.667 bits per heavy atom. The van der Waals surface area contributed by atoms with E-state index in [2.05, 4.69) is 23.2 Å². The van der Waals surface area contributed by atoms with Gasteiger partial charge in [-0.25, -0.2) is 13.2 Å². The van der Waals surface area contributed by atoms with Crippen molar-refractivity contribution in [2.45, 2.75) is 28.3 Å². The zero-order valence-electron chi connectivity index (χ0n) is 7.74. The first kappa shape index (κ1) is 17.9. The van der Waals surface area contributed by atoms with Gasteiger partial charge in [-0.15, -0.1) is 0 Å². The molecule has 2 atom stereocenters. The van der Waals surface area contributed by atoms with Crippen molar-refractivity contribution in [2.75, 3.05) is 6.67 Å². The van der Waals surface area contributed by atoms with Crippen LogP contribution in [0.2, 0.25) is 0 Å². The van der Waals surface area contributed by atoms with E-state index >= 15 is 0 Å². The van der Waals surface area contributed by atoms with Crippen LogP contribution in [-0.2, 0) is 0 Å². The summed E-state index contributed by atoms with van der Waals surface area (Å²) < 4.78 is 123. The van der Waals surface area contributed by atoms with E-state index in [1.54, 1.807) is 0 Å². The third-order valence-electron chi connectivity index (χ3n) is 1.77. The van der Waals surface area contributed by atoms with Crippen LogP contribution in [0.25, 0.3) is 0 Å². The first-order chi connectivity index (χ1) is 7.56. The summed E-state index contributed by atoms with van der Waals surface area (Å²) in [6.07, 6.45) is -6.82. The van der Waals surface area contributed by atoms with Crippen LogP contribution in [0.4, 0.5) is 43.9 Å². The molecule has 0 fully saturated rings. The number of alkyl halides is 12. The van der Waals surface area contributed by atoms with Crippen LogP contribution in [0.5, 0.6) is 0 Å². The molecule has 12 heteroatoms. The molecule has 0 aliphatic carbocycles. The molecule has 0 radical (unpaired) electrons. The van der Waals surface area contributed by atoms with E-state index in [-0.39, 0.29) is 0 Å². The second kappa shape index (κ2) is 4.46. The maximum Gasteiger partial charge on any atom is 0.458 e. The highest BCUT2D eigenvalue weighted by Crippen LogP contribution is 2.59. The summed E-state index contributed by atoms with van der Waals surface area (Å²) in [4.78, 5) is 0. The lowest BCUT2D eigenvalue weighted by molar-refractivity contribution is -0.333. The van der Waals surface area contributed by atoms with Gasteiger partial charge in [0, 0.05) is 0 Å². The zero-order valence-corrected chi connectivity index (χ0v) is 9.25. The molecule has 110 valence electrons. The minimum Gasteiger partial charge on any atom is -0.244 e. The van der Waals surface area contributed by atoms with Crippen LogP contribution in [0.3, 0.4) is 0 Å². The Morgan fingerprint density at radius 3 is 1.22 bits per heavy atom. The van der Waals surface area contributed by atoms with E-state index in [9.17, 15) is 43.9 Å². The predicted molar refractivity (Wildman–Crippen MR) is 41.3 cm³/mol. The van der Waals surface area contributed by atoms with E-state index in [1.807, 2.05) is 0 Å². The molecule has 0 aliphatic heterocycles. The van der Waals surface area contributed by atoms with Gasteiger partial charge in [0.15, 0.2) is 6.67 Å². The number of hydrogen-bond acceptors (Lipinski definition) is 0. The molecule has 0 nitrogen and oxygen atoms in total. The van der Waals surface area contributed by atoms with Crippen molar-refractivity contribution in [1.82, 2.24) is 0 Å². The maximum atomic E-state index is 13.0. The Bertz CT molecular complexity index is 306. The number of hydrogen-bond donors (Lipinski definition) is 0. The molecule has 18 heavy (non-hydrogen) atoms. The Balaban J connectivity index is 5.80. The predicted octanol–water partition coefficient (Wildman–Crippen LogP) is 4.60. The summed E-state index contributed by atoms with van der Waals surface area (Å²) >= 11 is 7.84. The summed E-state index contributed by atoms with van der Waals surface area (Å²) in [6.45, 7) is -3.14. The van der Waals surface area contributed by atoms with Gasteiger partial charge in [0.25, 0.3) is 0 Å². The second-order valence-corrected chi connectivity index (χ2v) is 4.10. The molecular weight excluding hydrogens is 333 g/mol. The van der Waals surface area contributed by atoms with Crippen molar-refractivity contribution >= 4 is 23.2 Å². The topological polar surface area (TPSA) is 0 Å². The SMILES string of the molecule is FCC(F)(F)C(F)(Cl)C(F)(Cl)C(F)(F)C(F)(F)F. The van der Waals surface area contributed by atoms with E-state index < -0.39 is 35.0 Å². The molecule has 0 spiro atoms. The maximum absolute atomic E-state index is 13.0. The van der Waals surface area contributed by atoms with Crippen molar-refractivity contribution in [2.24, 2.45) is 0 Å². The van der Waals surface area contributed by atoms with Crippen LogP contribution in [0, 0.1) is 0 Å². The lowest BCUT2D eigenvalue weighted by atomic mass is 10.0. The molecule has 0 N–H and O–H groups in total. The largest absolute Gasteiger partial charge is 0.458 e. The average molecular weight is 335 g/mol. The van der Waals surface area contributed by atoms with Gasteiger partial charge in [0.05, 0.1) is 0 Å². The molecule has 0 saturated carbocycles. The molecule has 0 aromatic rings. The Kier molecular flexibility index (Phi) is 4.43. The molecule has 0 heterocycles. The summed E-state index contributed by atoms with van der Waals surface area (Å²) in [6, 6.07) is 0. The fourth-order valence-electron chi connectivity index (χ4n) is 0.689. The van der Waals surface area contributed by atoms with Gasteiger partial charge in [0.2, 0.25) is 0 Å². The van der Waals surface area contributed by atoms with Crippen molar-refractivity contribution in [3.63, 3.8) is 0 Å². The smallest absolute Gasteiger partial charge is 0.244 e. The van der Waals surface area contributed by atoms with E-state index in [4.69, 9.17) is 0 Å². The van der Waals surface area contributed by atoms with Crippen LogP contribution < -0.4 is 0 Å². The second-order valence-electron chi connectivity index (χ2n) is 3.06. The molecular formula is C6H2Cl2F10. The molecule has 2 unspecified atom stereocenters. The summed E-state index contributed by atoms with van der Waals surface area (Å²) in [5.74, 6) is -12.5. The fourth-order valence-corrected chi connectivity index (χ4v) is 1.10. The normalized spacial score (nSPS) is 21.3. The van der Waals surface area contributed by atoms with Gasteiger partial charge in [0.1, 0.15) is 0 Å². The summed E-state index contributed by atoms with van der Waals surface area (Å²) in [5.41, 5.74) is 0. The molecule has 0 aliphatic rings. The Hall–Kier alpha value is -0.120. The van der Waals surface area contributed by atoms with E-state index in [1.165, 1.54) is 0 Å². The van der Waals surface area contributed by atoms with Crippen LogP contribution in [0.1, 0.15) is 0 Å². The van der Waals surface area contributed by atoms with Gasteiger partial charge in [-0.2, -0.15) is 30.7 Å². The Morgan fingerprint density at radius 2 is 1.00 bits per heavy atom. The monoisotopic (exact) mass is 334 g/mol. The Labute approximate surface area is 103 Å². The van der Waals surface area contributed by atoms with Crippen LogP contribution in [-0.4, -0.2) is 35.0 Å².